The highest BCUT2D eigenvalue weighted by atomic mass is 19.4. The molecule has 0 aromatic heterocycles. The highest BCUT2D eigenvalue weighted by molar-refractivity contribution is 5.85. The molecular weight excluding hydrogens is 235 g/mol. The van der Waals surface area contributed by atoms with Crippen LogP contribution < -0.4 is 0 Å². The minimum absolute atomic E-state index is 0.103. The Kier molecular flexibility index (Phi) is 2.88. The molecule has 0 bridgehead atoms. The van der Waals surface area contributed by atoms with Crippen molar-refractivity contribution in [1.29, 1.82) is 0 Å². The third-order valence-electron chi connectivity index (χ3n) is 3.87. The quantitative estimate of drug-likeness (QED) is 0.768. The van der Waals surface area contributed by atoms with E-state index in [1.807, 2.05) is 0 Å². The van der Waals surface area contributed by atoms with E-state index in [-0.39, 0.29) is 6.42 Å². The summed E-state index contributed by atoms with van der Waals surface area (Å²) in [6.45, 7) is 2.11. The summed E-state index contributed by atoms with van der Waals surface area (Å²) in [6.07, 6.45) is -3.89. The molecule has 0 spiro atoms. The highest BCUT2D eigenvalue weighted by Crippen LogP contribution is 2.60. The lowest BCUT2D eigenvalue weighted by molar-refractivity contribution is -0.164. The maximum absolute atomic E-state index is 12.5. The van der Waals surface area contributed by atoms with E-state index in [0.717, 1.165) is 0 Å². The predicted octanol–water partition coefficient (Wildman–Crippen LogP) is 1.56. The van der Waals surface area contributed by atoms with Gasteiger partial charge in [0.05, 0.1) is 17.4 Å². The molecule has 6 heteroatoms. The Balaban J connectivity index is 1.98. The van der Waals surface area contributed by atoms with Gasteiger partial charge in [-0.1, -0.05) is 6.92 Å². The lowest BCUT2D eigenvalue weighted by Gasteiger charge is -2.32. The normalized spacial score (nSPS) is 34.9. The molecule has 1 saturated heterocycles. The van der Waals surface area contributed by atoms with E-state index in [1.54, 1.807) is 0 Å². The molecule has 1 saturated carbocycles. The largest absolute Gasteiger partial charge is 0.393 e. The Morgan fingerprint density at radius 3 is 2.29 bits per heavy atom. The molecule has 1 N–H and O–H groups in total. The van der Waals surface area contributed by atoms with Crippen molar-refractivity contribution in [3.63, 3.8) is 0 Å². The zero-order valence-electron chi connectivity index (χ0n) is 9.63. The Morgan fingerprint density at radius 2 is 1.88 bits per heavy atom. The van der Waals surface area contributed by atoms with E-state index in [2.05, 4.69) is 0 Å². The second-order valence-electron chi connectivity index (χ2n) is 5.24. The van der Waals surface area contributed by atoms with Crippen LogP contribution in [0.5, 0.6) is 0 Å². The Bertz CT molecular complexity index is 323. The van der Waals surface area contributed by atoms with Crippen LogP contribution in [0.1, 0.15) is 26.2 Å². The van der Waals surface area contributed by atoms with E-state index in [4.69, 9.17) is 0 Å². The van der Waals surface area contributed by atoms with Gasteiger partial charge in [-0.2, -0.15) is 13.2 Å². The van der Waals surface area contributed by atoms with E-state index in [1.165, 1.54) is 11.8 Å². The van der Waals surface area contributed by atoms with Crippen LogP contribution in [0.4, 0.5) is 13.2 Å². The number of rotatable bonds is 1. The summed E-state index contributed by atoms with van der Waals surface area (Å²) in [6, 6.07) is 0. The molecule has 2 rings (SSSR count). The van der Waals surface area contributed by atoms with Gasteiger partial charge in [-0.15, -0.1) is 0 Å². The number of amides is 1. The molecule has 1 aliphatic carbocycles. The average molecular weight is 251 g/mol. The molecule has 17 heavy (non-hydrogen) atoms. The second-order valence-corrected chi connectivity index (χ2v) is 5.24. The van der Waals surface area contributed by atoms with Crippen molar-refractivity contribution >= 4 is 5.91 Å². The van der Waals surface area contributed by atoms with Crippen LogP contribution in [0.2, 0.25) is 0 Å². The molecule has 1 amide bonds. The van der Waals surface area contributed by atoms with Crippen LogP contribution in [0, 0.1) is 11.3 Å². The van der Waals surface area contributed by atoms with Gasteiger partial charge in [0.1, 0.15) is 0 Å². The first-order valence-corrected chi connectivity index (χ1v) is 5.79. The molecule has 0 unspecified atom stereocenters. The summed E-state index contributed by atoms with van der Waals surface area (Å²) < 4.78 is 37.5. The number of halogens is 3. The topological polar surface area (TPSA) is 40.5 Å². The number of hydrogen-bond acceptors (Lipinski definition) is 2. The second kappa shape index (κ2) is 3.86. The number of aliphatic hydroxyl groups is 1. The van der Waals surface area contributed by atoms with Crippen LogP contribution in [0.15, 0.2) is 0 Å². The molecule has 2 aliphatic rings. The van der Waals surface area contributed by atoms with Gasteiger partial charge in [-0.3, -0.25) is 4.79 Å². The number of aliphatic hydroxyl groups excluding tert-OH is 1. The van der Waals surface area contributed by atoms with Crippen LogP contribution >= 0.6 is 0 Å². The third-order valence-corrected chi connectivity index (χ3v) is 3.87. The predicted molar refractivity (Wildman–Crippen MR) is 54.1 cm³/mol. The van der Waals surface area contributed by atoms with Crippen LogP contribution in [0.3, 0.4) is 0 Å². The number of hydrogen-bond donors (Lipinski definition) is 1. The number of piperidine rings is 1. The van der Waals surface area contributed by atoms with Gasteiger partial charge in [0, 0.05) is 13.1 Å². The first kappa shape index (κ1) is 12.7. The van der Waals surface area contributed by atoms with Gasteiger partial charge in [0.25, 0.3) is 0 Å². The SMILES string of the molecule is C[C@]1(C(=O)N2CCC(O)CC2)C[C@@H]1C(F)(F)F. The minimum Gasteiger partial charge on any atom is -0.393 e. The Morgan fingerprint density at radius 1 is 1.35 bits per heavy atom. The van der Waals surface area contributed by atoms with Crippen molar-refractivity contribution in [2.24, 2.45) is 11.3 Å². The standard InChI is InChI=1S/C11H16F3NO2/c1-10(6-8(10)11(12,13)14)9(17)15-4-2-7(16)3-5-15/h7-8,16H,2-6H2,1H3/t8-,10-/m0/s1. The van der Waals surface area contributed by atoms with Crippen molar-refractivity contribution in [2.45, 2.75) is 38.5 Å². The van der Waals surface area contributed by atoms with Crippen molar-refractivity contribution in [2.75, 3.05) is 13.1 Å². The van der Waals surface area contributed by atoms with E-state index in [0.29, 0.717) is 25.9 Å². The fraction of sp³-hybridized carbons (Fsp3) is 0.909. The smallest absolute Gasteiger partial charge is 0.392 e. The maximum Gasteiger partial charge on any atom is 0.392 e. The fourth-order valence-electron chi connectivity index (χ4n) is 2.51. The molecule has 3 nitrogen and oxygen atoms in total. The molecule has 2 atom stereocenters. The average Bonchev–Trinajstić information content (AvgIpc) is 2.92. The Labute approximate surface area is 97.6 Å². The molecule has 0 radical (unpaired) electrons. The van der Waals surface area contributed by atoms with E-state index < -0.39 is 29.5 Å². The zero-order chi connectivity index (χ0) is 12.8. The maximum atomic E-state index is 12.5. The van der Waals surface area contributed by atoms with E-state index in [9.17, 15) is 23.1 Å². The number of carbonyl (C=O) groups excluding carboxylic acids is 1. The fourth-order valence-corrected chi connectivity index (χ4v) is 2.51. The van der Waals surface area contributed by atoms with Gasteiger partial charge in [-0.25, -0.2) is 0 Å². The monoisotopic (exact) mass is 251 g/mol. The summed E-state index contributed by atoms with van der Waals surface area (Å²) in [7, 11) is 0. The number of likely N-dealkylation sites (tertiary alicyclic amines) is 1. The molecule has 1 aliphatic heterocycles. The Hall–Kier alpha value is -0.780. The summed E-state index contributed by atoms with van der Waals surface area (Å²) in [4.78, 5) is 13.4. The van der Waals surface area contributed by atoms with Crippen molar-refractivity contribution in [3.05, 3.63) is 0 Å². The summed E-state index contributed by atoms with van der Waals surface area (Å²) in [5.74, 6) is -1.90. The number of alkyl halides is 3. The molecular formula is C11H16F3NO2. The summed E-state index contributed by atoms with van der Waals surface area (Å²) >= 11 is 0. The summed E-state index contributed by atoms with van der Waals surface area (Å²) in [5, 5.41) is 9.29. The third kappa shape index (κ3) is 2.27. The number of nitrogens with zero attached hydrogens (tertiary/aromatic N) is 1. The molecule has 98 valence electrons. The van der Waals surface area contributed by atoms with Gasteiger partial charge < -0.3 is 10.0 Å². The van der Waals surface area contributed by atoms with E-state index >= 15 is 0 Å². The summed E-state index contributed by atoms with van der Waals surface area (Å²) in [5.41, 5.74) is -1.26. The van der Waals surface area contributed by atoms with Crippen LogP contribution in [0.25, 0.3) is 0 Å². The van der Waals surface area contributed by atoms with Crippen molar-refractivity contribution in [3.8, 4) is 0 Å². The van der Waals surface area contributed by atoms with Gasteiger partial charge in [0.15, 0.2) is 0 Å². The van der Waals surface area contributed by atoms with Gasteiger partial charge in [0.2, 0.25) is 5.91 Å². The van der Waals surface area contributed by atoms with Gasteiger partial charge >= 0.3 is 6.18 Å². The lowest BCUT2D eigenvalue weighted by Crippen LogP contribution is -2.44. The number of carbonyl (C=O) groups is 1. The van der Waals surface area contributed by atoms with Crippen LogP contribution in [-0.4, -0.2) is 41.3 Å². The highest BCUT2D eigenvalue weighted by Gasteiger charge is 2.68. The van der Waals surface area contributed by atoms with Crippen LogP contribution in [-0.2, 0) is 4.79 Å². The first-order valence-electron chi connectivity index (χ1n) is 5.79. The zero-order valence-corrected chi connectivity index (χ0v) is 9.63. The molecule has 0 aromatic rings. The van der Waals surface area contributed by atoms with Gasteiger partial charge in [-0.05, 0) is 19.3 Å². The molecule has 1 heterocycles. The lowest BCUT2D eigenvalue weighted by atomic mass is 10.0. The molecule has 2 fully saturated rings. The minimum atomic E-state index is -4.28. The van der Waals surface area contributed by atoms with Crippen molar-refractivity contribution in [1.82, 2.24) is 4.90 Å². The van der Waals surface area contributed by atoms with Crippen molar-refractivity contribution < 1.29 is 23.1 Å². The first-order chi connectivity index (χ1) is 7.75. The molecule has 0 aromatic carbocycles.